The van der Waals surface area contributed by atoms with Crippen LogP contribution in [0, 0.1) is 5.92 Å². The van der Waals surface area contributed by atoms with Crippen LogP contribution < -0.4 is 5.01 Å². The average Bonchev–Trinajstić information content (AvgIpc) is 2.57. The quantitative estimate of drug-likeness (QED) is 0.755. The number of fused-ring (bicyclic) bond motifs is 1. The lowest BCUT2D eigenvalue weighted by atomic mass is 9.99. The number of rotatable bonds is 3. The van der Waals surface area contributed by atoms with Gasteiger partial charge in [-0.1, -0.05) is 24.6 Å². The zero-order valence-electron chi connectivity index (χ0n) is 14.0. The molecular weight excluding hydrogens is 362 g/mol. The van der Waals surface area contributed by atoms with E-state index in [2.05, 4.69) is 18.6 Å². The maximum Gasteiger partial charge on any atom is 0.286 e. The highest BCUT2D eigenvalue weighted by Crippen LogP contribution is 2.34. The fraction of sp³-hybridized carbons (Fsp3) is 0.412. The summed E-state index contributed by atoms with van der Waals surface area (Å²) in [6.07, 6.45) is 3.32. The Morgan fingerprint density at radius 3 is 2.72 bits per heavy atom. The van der Waals surface area contributed by atoms with Crippen molar-refractivity contribution in [1.29, 1.82) is 0 Å². The second kappa shape index (κ2) is 6.80. The molecule has 0 unspecified atom stereocenters. The molecule has 25 heavy (non-hydrogen) atoms. The Hall–Kier alpha value is -1.86. The number of hydrogen-bond donors (Lipinski definition) is 0. The van der Waals surface area contributed by atoms with E-state index in [0.29, 0.717) is 29.7 Å². The van der Waals surface area contributed by atoms with Gasteiger partial charge in [0.25, 0.3) is 5.91 Å². The number of carbonyl (C=O) groups is 1. The molecule has 0 spiro atoms. The van der Waals surface area contributed by atoms with Crippen LogP contribution in [0.3, 0.4) is 0 Å². The smallest absolute Gasteiger partial charge is 0.286 e. The molecule has 1 aromatic rings. The Morgan fingerprint density at radius 2 is 2.08 bits per heavy atom. The number of likely N-dealkylation sites (tertiary alicyclic amines) is 1. The third-order valence-corrected chi connectivity index (χ3v) is 6.44. The lowest BCUT2D eigenvalue weighted by Gasteiger charge is -2.32. The van der Waals surface area contributed by atoms with Crippen LogP contribution in [0.1, 0.15) is 19.8 Å². The van der Waals surface area contributed by atoms with Gasteiger partial charge < -0.3 is 4.90 Å². The Labute approximate surface area is 152 Å². The van der Waals surface area contributed by atoms with Crippen LogP contribution >= 0.6 is 11.6 Å². The standard InChI is InChI=1S/C17H20ClN3O3S/c1-3-8-21-14-11-13(18)4-5-15(14)25(23,24)16(19-21)17(22)20-9-6-12(2)7-10-20/h3-5,11-12H,1,6-10H2,2H3. The molecule has 1 aromatic carbocycles. The number of hydrogen-bond acceptors (Lipinski definition) is 5. The van der Waals surface area contributed by atoms with Crippen LogP contribution in [-0.4, -0.2) is 43.9 Å². The summed E-state index contributed by atoms with van der Waals surface area (Å²) >= 11 is 6.00. The number of amides is 1. The van der Waals surface area contributed by atoms with E-state index in [1.807, 2.05) is 0 Å². The fourth-order valence-corrected chi connectivity index (χ4v) is 4.63. The fourth-order valence-electron chi connectivity index (χ4n) is 3.01. The molecule has 2 heterocycles. The third kappa shape index (κ3) is 3.30. The Morgan fingerprint density at radius 1 is 1.40 bits per heavy atom. The number of benzene rings is 1. The molecule has 0 aromatic heterocycles. The van der Waals surface area contributed by atoms with Gasteiger partial charge in [0.15, 0.2) is 0 Å². The van der Waals surface area contributed by atoms with Gasteiger partial charge in [0.1, 0.15) is 0 Å². The number of halogens is 1. The normalized spacial score (nSPS) is 20.0. The highest BCUT2D eigenvalue weighted by Gasteiger charge is 2.39. The lowest BCUT2D eigenvalue weighted by Crippen LogP contribution is -2.46. The molecule has 3 rings (SSSR count). The molecule has 0 saturated carbocycles. The summed E-state index contributed by atoms with van der Waals surface area (Å²) in [4.78, 5) is 14.5. The van der Waals surface area contributed by atoms with E-state index in [1.54, 1.807) is 11.0 Å². The van der Waals surface area contributed by atoms with Gasteiger partial charge in [-0.15, -0.1) is 6.58 Å². The van der Waals surface area contributed by atoms with Gasteiger partial charge in [-0.05, 0) is 37.0 Å². The van der Waals surface area contributed by atoms with E-state index in [-0.39, 0.29) is 11.4 Å². The highest BCUT2D eigenvalue weighted by molar-refractivity contribution is 8.08. The van der Waals surface area contributed by atoms with Crippen molar-refractivity contribution in [1.82, 2.24) is 4.90 Å². The maximum atomic E-state index is 12.9. The summed E-state index contributed by atoms with van der Waals surface area (Å²) in [7, 11) is -3.99. The van der Waals surface area contributed by atoms with E-state index >= 15 is 0 Å². The molecular formula is C17H20ClN3O3S. The minimum atomic E-state index is -3.99. The van der Waals surface area contributed by atoms with Gasteiger partial charge in [0.05, 0.1) is 17.1 Å². The van der Waals surface area contributed by atoms with Crippen LogP contribution in [0.25, 0.3) is 0 Å². The largest absolute Gasteiger partial charge is 0.337 e. The minimum Gasteiger partial charge on any atom is -0.337 e. The Bertz CT molecular complexity index is 843. The van der Waals surface area contributed by atoms with Gasteiger partial charge >= 0.3 is 0 Å². The predicted octanol–water partition coefficient (Wildman–Crippen LogP) is 2.69. The second-order valence-corrected chi connectivity index (χ2v) is 8.64. The van der Waals surface area contributed by atoms with Crippen LogP contribution in [0.2, 0.25) is 5.02 Å². The van der Waals surface area contributed by atoms with Crippen molar-refractivity contribution in [2.24, 2.45) is 11.0 Å². The van der Waals surface area contributed by atoms with E-state index < -0.39 is 20.8 Å². The molecule has 2 aliphatic rings. The molecule has 2 aliphatic heterocycles. The zero-order chi connectivity index (χ0) is 18.2. The van der Waals surface area contributed by atoms with Gasteiger partial charge in [-0.3, -0.25) is 9.80 Å². The van der Waals surface area contributed by atoms with Crippen LogP contribution in [0.4, 0.5) is 5.69 Å². The predicted molar refractivity (Wildman–Crippen MR) is 98.6 cm³/mol. The van der Waals surface area contributed by atoms with Crippen LogP contribution in [-0.2, 0) is 14.6 Å². The average molecular weight is 382 g/mol. The first-order chi connectivity index (χ1) is 11.8. The van der Waals surface area contributed by atoms with E-state index in [1.165, 1.54) is 23.2 Å². The lowest BCUT2D eigenvalue weighted by molar-refractivity contribution is -0.125. The van der Waals surface area contributed by atoms with Crippen molar-refractivity contribution in [2.75, 3.05) is 24.6 Å². The topological polar surface area (TPSA) is 70.1 Å². The number of sulfone groups is 1. The van der Waals surface area contributed by atoms with Gasteiger partial charge in [0, 0.05) is 18.1 Å². The summed E-state index contributed by atoms with van der Waals surface area (Å²) in [6.45, 7) is 7.16. The number of nitrogens with zero attached hydrogens (tertiary/aromatic N) is 3. The van der Waals surface area contributed by atoms with Gasteiger partial charge in [0.2, 0.25) is 14.9 Å². The van der Waals surface area contributed by atoms with Crippen molar-refractivity contribution < 1.29 is 13.2 Å². The summed E-state index contributed by atoms with van der Waals surface area (Å²) in [5, 5.41) is 5.56. The van der Waals surface area contributed by atoms with Crippen LogP contribution in [0.5, 0.6) is 0 Å². The SMILES string of the molecule is C=CCN1N=C(C(=O)N2CCC(C)CC2)S(=O)(=O)c2ccc(Cl)cc21. The molecule has 0 aliphatic carbocycles. The van der Waals surface area contributed by atoms with E-state index in [9.17, 15) is 13.2 Å². The Kier molecular flexibility index (Phi) is 4.88. The zero-order valence-corrected chi connectivity index (χ0v) is 15.6. The van der Waals surface area contributed by atoms with Crippen LogP contribution in [0.15, 0.2) is 40.9 Å². The first-order valence-corrected chi connectivity index (χ1v) is 10.0. The van der Waals surface area contributed by atoms with E-state index in [0.717, 1.165) is 12.8 Å². The summed E-state index contributed by atoms with van der Waals surface area (Å²) < 4.78 is 25.9. The number of anilines is 1. The summed E-state index contributed by atoms with van der Waals surface area (Å²) in [5.41, 5.74) is 0.358. The molecule has 1 fully saturated rings. The first kappa shape index (κ1) is 17.9. The first-order valence-electron chi connectivity index (χ1n) is 8.15. The molecule has 1 amide bonds. The summed E-state index contributed by atoms with van der Waals surface area (Å²) in [5.74, 6) is -0.00403. The molecule has 134 valence electrons. The van der Waals surface area contributed by atoms with Crippen molar-refractivity contribution in [3.8, 4) is 0 Å². The molecule has 8 heteroatoms. The second-order valence-electron chi connectivity index (χ2n) is 6.37. The molecule has 0 atom stereocenters. The van der Waals surface area contributed by atoms with E-state index in [4.69, 9.17) is 11.6 Å². The summed E-state index contributed by atoms with van der Waals surface area (Å²) in [6, 6.07) is 4.45. The van der Waals surface area contributed by atoms with Crippen molar-refractivity contribution in [3.63, 3.8) is 0 Å². The molecule has 0 bridgehead atoms. The number of hydrazone groups is 1. The van der Waals surface area contributed by atoms with Gasteiger partial charge in [-0.25, -0.2) is 8.42 Å². The molecule has 0 N–H and O–H groups in total. The maximum absolute atomic E-state index is 12.9. The highest BCUT2D eigenvalue weighted by atomic mass is 35.5. The number of piperidine rings is 1. The van der Waals surface area contributed by atoms with Crippen molar-refractivity contribution >= 4 is 38.1 Å². The molecule has 1 saturated heterocycles. The van der Waals surface area contributed by atoms with Crippen molar-refractivity contribution in [3.05, 3.63) is 35.9 Å². The van der Waals surface area contributed by atoms with Crippen molar-refractivity contribution in [2.45, 2.75) is 24.7 Å². The molecule has 0 radical (unpaired) electrons. The number of carbonyl (C=O) groups excluding carboxylic acids is 1. The monoisotopic (exact) mass is 381 g/mol. The minimum absolute atomic E-state index is 0.0440. The van der Waals surface area contributed by atoms with Gasteiger partial charge in [-0.2, -0.15) is 5.10 Å². The Balaban J connectivity index is 2.03. The third-order valence-electron chi connectivity index (χ3n) is 4.51. The molecule has 6 nitrogen and oxygen atoms in total.